The maximum atomic E-state index is 12.0. The molecule has 0 aliphatic heterocycles. The van der Waals surface area contributed by atoms with Crippen LogP contribution in [0.25, 0.3) is 0 Å². The van der Waals surface area contributed by atoms with E-state index in [2.05, 4.69) is 15.4 Å². The van der Waals surface area contributed by atoms with Crippen LogP contribution in [-0.4, -0.2) is 57.5 Å². The Balaban J connectivity index is 1.57. The van der Waals surface area contributed by atoms with E-state index in [1.54, 1.807) is 19.0 Å². The maximum absolute atomic E-state index is 12.0. The molecule has 0 saturated heterocycles. The topological polar surface area (TPSA) is 108 Å². The van der Waals surface area contributed by atoms with E-state index in [1.807, 2.05) is 24.3 Å². The van der Waals surface area contributed by atoms with Gasteiger partial charge in [-0.15, -0.1) is 0 Å². The van der Waals surface area contributed by atoms with Crippen molar-refractivity contribution < 1.29 is 19.4 Å². The van der Waals surface area contributed by atoms with Crippen LogP contribution in [0.3, 0.4) is 0 Å². The number of rotatable bonds is 5. The Bertz CT molecular complexity index is 777. The summed E-state index contributed by atoms with van der Waals surface area (Å²) in [5.74, 6) is -0.677. The lowest BCUT2D eigenvalue weighted by Crippen LogP contribution is -2.24. The van der Waals surface area contributed by atoms with Gasteiger partial charge in [-0.2, -0.15) is 0 Å². The zero-order chi connectivity index (χ0) is 18.7. The standard InChI is InChI=1S/C18H22N4O4/c1-22(2)17(23)13-5-3-11(4-6-13)12-7-9-14(10-8-12)26-16-15(18(24)25)19-21-20-16/h3-6,12,14H,7-10H2,1-2H3,(H,24,25)(H,19,20,21). The second-order valence-electron chi connectivity index (χ2n) is 6.71. The minimum Gasteiger partial charge on any atom is -0.476 e. The number of carboxylic acid groups (broad SMARTS) is 1. The average Bonchev–Trinajstić information content (AvgIpc) is 3.10. The molecular weight excluding hydrogens is 336 g/mol. The van der Waals surface area contributed by atoms with Crippen LogP contribution in [0.1, 0.15) is 58.0 Å². The van der Waals surface area contributed by atoms with Gasteiger partial charge < -0.3 is 14.7 Å². The minimum absolute atomic E-state index is 0.00416. The molecule has 1 heterocycles. The first-order valence-electron chi connectivity index (χ1n) is 8.58. The van der Waals surface area contributed by atoms with Crippen LogP contribution in [0.2, 0.25) is 0 Å². The van der Waals surface area contributed by atoms with Crippen molar-refractivity contribution >= 4 is 11.9 Å². The molecule has 1 saturated carbocycles. The number of aromatic carboxylic acids is 1. The van der Waals surface area contributed by atoms with E-state index in [4.69, 9.17) is 9.84 Å². The lowest BCUT2D eigenvalue weighted by atomic mass is 9.82. The molecule has 0 radical (unpaired) electrons. The number of aromatic amines is 1. The minimum atomic E-state index is -1.13. The number of H-pyrrole nitrogens is 1. The van der Waals surface area contributed by atoms with Gasteiger partial charge in [0, 0.05) is 19.7 Å². The molecule has 1 fully saturated rings. The fourth-order valence-corrected chi connectivity index (χ4v) is 3.27. The third-order valence-corrected chi connectivity index (χ3v) is 4.72. The van der Waals surface area contributed by atoms with Crippen LogP contribution in [-0.2, 0) is 0 Å². The van der Waals surface area contributed by atoms with E-state index < -0.39 is 5.97 Å². The number of aromatic nitrogens is 3. The summed E-state index contributed by atoms with van der Waals surface area (Å²) in [6.45, 7) is 0. The molecule has 0 atom stereocenters. The van der Waals surface area contributed by atoms with Crippen molar-refractivity contribution in [3.05, 3.63) is 41.1 Å². The Morgan fingerprint density at radius 1 is 1.15 bits per heavy atom. The summed E-state index contributed by atoms with van der Waals surface area (Å²) in [7, 11) is 3.48. The predicted octanol–water partition coefficient (Wildman–Crippen LogP) is 2.31. The Morgan fingerprint density at radius 2 is 1.81 bits per heavy atom. The summed E-state index contributed by atoms with van der Waals surface area (Å²) >= 11 is 0. The Kier molecular flexibility index (Phi) is 5.20. The van der Waals surface area contributed by atoms with Gasteiger partial charge in [-0.3, -0.25) is 4.79 Å². The molecule has 2 N–H and O–H groups in total. The first-order valence-corrected chi connectivity index (χ1v) is 8.58. The molecule has 138 valence electrons. The Morgan fingerprint density at radius 3 is 2.38 bits per heavy atom. The smallest absolute Gasteiger partial charge is 0.359 e. The molecule has 0 bridgehead atoms. The molecule has 1 aliphatic carbocycles. The fraction of sp³-hybridized carbons (Fsp3) is 0.444. The number of carbonyl (C=O) groups is 2. The SMILES string of the molecule is CN(C)C(=O)c1ccc(C2CCC(Oc3nn[nH]c3C(=O)O)CC2)cc1. The monoisotopic (exact) mass is 358 g/mol. The number of hydrogen-bond acceptors (Lipinski definition) is 5. The highest BCUT2D eigenvalue weighted by Crippen LogP contribution is 2.34. The zero-order valence-corrected chi connectivity index (χ0v) is 14.8. The molecule has 0 spiro atoms. The number of benzene rings is 1. The first-order chi connectivity index (χ1) is 12.5. The van der Waals surface area contributed by atoms with E-state index in [9.17, 15) is 9.59 Å². The van der Waals surface area contributed by atoms with Crippen LogP contribution in [0.15, 0.2) is 24.3 Å². The van der Waals surface area contributed by atoms with E-state index in [0.717, 1.165) is 25.7 Å². The van der Waals surface area contributed by atoms with Crippen molar-refractivity contribution in [3.63, 3.8) is 0 Å². The largest absolute Gasteiger partial charge is 0.476 e. The molecule has 3 rings (SSSR count). The summed E-state index contributed by atoms with van der Waals surface area (Å²) < 4.78 is 5.71. The summed E-state index contributed by atoms with van der Waals surface area (Å²) in [6, 6.07) is 7.77. The van der Waals surface area contributed by atoms with Gasteiger partial charge in [0.2, 0.25) is 5.69 Å². The molecule has 2 aromatic rings. The molecule has 26 heavy (non-hydrogen) atoms. The van der Waals surface area contributed by atoms with Crippen molar-refractivity contribution in [3.8, 4) is 5.88 Å². The molecule has 1 aromatic carbocycles. The highest BCUT2D eigenvalue weighted by molar-refractivity contribution is 5.93. The summed E-state index contributed by atoms with van der Waals surface area (Å²) in [6.07, 6.45) is 3.44. The van der Waals surface area contributed by atoms with Gasteiger partial charge >= 0.3 is 5.97 Å². The third-order valence-electron chi connectivity index (χ3n) is 4.72. The van der Waals surface area contributed by atoms with Gasteiger partial charge in [0.25, 0.3) is 11.8 Å². The number of nitrogens with zero attached hydrogens (tertiary/aromatic N) is 3. The quantitative estimate of drug-likeness (QED) is 0.849. The lowest BCUT2D eigenvalue weighted by Gasteiger charge is -2.28. The number of hydrogen-bond donors (Lipinski definition) is 2. The molecule has 1 amide bonds. The van der Waals surface area contributed by atoms with Crippen molar-refractivity contribution in [2.24, 2.45) is 0 Å². The highest BCUT2D eigenvalue weighted by atomic mass is 16.5. The van der Waals surface area contributed by atoms with Gasteiger partial charge in [-0.25, -0.2) is 9.89 Å². The Hall–Kier alpha value is -2.90. The molecular formula is C18H22N4O4. The van der Waals surface area contributed by atoms with E-state index >= 15 is 0 Å². The normalized spacial score (nSPS) is 19.8. The number of ether oxygens (including phenoxy) is 1. The van der Waals surface area contributed by atoms with Crippen molar-refractivity contribution in [1.82, 2.24) is 20.3 Å². The van der Waals surface area contributed by atoms with Crippen LogP contribution in [0, 0.1) is 0 Å². The van der Waals surface area contributed by atoms with Gasteiger partial charge in [-0.1, -0.05) is 22.4 Å². The highest BCUT2D eigenvalue weighted by Gasteiger charge is 2.26. The van der Waals surface area contributed by atoms with E-state index in [0.29, 0.717) is 11.5 Å². The molecule has 1 aromatic heterocycles. The van der Waals surface area contributed by atoms with Gasteiger partial charge in [0.15, 0.2) is 0 Å². The second-order valence-corrected chi connectivity index (χ2v) is 6.71. The second kappa shape index (κ2) is 7.55. The number of carbonyl (C=O) groups excluding carboxylic acids is 1. The summed E-state index contributed by atoms with van der Waals surface area (Å²) in [5, 5.41) is 18.6. The summed E-state index contributed by atoms with van der Waals surface area (Å²) in [5.41, 5.74) is 1.78. The number of amides is 1. The molecule has 1 aliphatic rings. The Labute approximate surface area is 151 Å². The van der Waals surface area contributed by atoms with Crippen LogP contribution >= 0.6 is 0 Å². The molecule has 8 nitrogen and oxygen atoms in total. The average molecular weight is 358 g/mol. The number of nitrogens with one attached hydrogen (secondary N) is 1. The maximum Gasteiger partial charge on any atom is 0.359 e. The van der Waals surface area contributed by atoms with Crippen LogP contribution < -0.4 is 4.74 Å². The van der Waals surface area contributed by atoms with Gasteiger partial charge in [-0.05, 0) is 49.3 Å². The predicted molar refractivity (Wildman–Crippen MR) is 93.4 cm³/mol. The molecule has 0 unspecified atom stereocenters. The first kappa shape index (κ1) is 17.9. The molecule has 8 heteroatoms. The van der Waals surface area contributed by atoms with Crippen LogP contribution in [0.5, 0.6) is 5.88 Å². The fourth-order valence-electron chi connectivity index (χ4n) is 3.27. The summed E-state index contributed by atoms with van der Waals surface area (Å²) in [4.78, 5) is 24.6. The van der Waals surface area contributed by atoms with Crippen LogP contribution in [0.4, 0.5) is 0 Å². The third kappa shape index (κ3) is 3.84. The van der Waals surface area contributed by atoms with Gasteiger partial charge in [0.05, 0.1) is 0 Å². The van der Waals surface area contributed by atoms with Gasteiger partial charge in [0.1, 0.15) is 6.10 Å². The zero-order valence-electron chi connectivity index (χ0n) is 14.8. The van der Waals surface area contributed by atoms with E-state index in [1.165, 1.54) is 5.56 Å². The van der Waals surface area contributed by atoms with Crippen molar-refractivity contribution in [2.75, 3.05) is 14.1 Å². The van der Waals surface area contributed by atoms with E-state index in [-0.39, 0.29) is 23.6 Å². The van der Waals surface area contributed by atoms with Crippen molar-refractivity contribution in [2.45, 2.75) is 37.7 Å². The lowest BCUT2D eigenvalue weighted by molar-refractivity contribution is 0.0677. The number of carboxylic acids is 1. The van der Waals surface area contributed by atoms with Crippen molar-refractivity contribution in [1.29, 1.82) is 0 Å².